The molecule has 26 heavy (non-hydrogen) atoms. The highest BCUT2D eigenvalue weighted by atomic mass is 16.5. The van der Waals surface area contributed by atoms with Crippen LogP contribution in [0.15, 0.2) is 24.3 Å². The van der Waals surface area contributed by atoms with E-state index in [1.807, 2.05) is 12.1 Å². The van der Waals surface area contributed by atoms with Gasteiger partial charge >= 0.3 is 5.97 Å². The molecule has 0 spiro atoms. The minimum atomic E-state index is -0.855. The molecule has 2 aromatic rings. The number of morpholine rings is 1. The van der Waals surface area contributed by atoms with Crippen molar-refractivity contribution < 1.29 is 23.8 Å². The first-order chi connectivity index (χ1) is 12.5. The number of pyridine rings is 1. The van der Waals surface area contributed by atoms with E-state index in [1.54, 1.807) is 38.0 Å². The zero-order valence-electron chi connectivity index (χ0n) is 15.2. The summed E-state index contributed by atoms with van der Waals surface area (Å²) in [6.07, 6.45) is -0.855. The molecule has 1 atom stereocenters. The van der Waals surface area contributed by atoms with Gasteiger partial charge in [0.2, 0.25) is 0 Å². The number of hydrogen-bond donors (Lipinski definition) is 0. The molecular formula is C19H22N2O5. The van der Waals surface area contributed by atoms with E-state index in [2.05, 4.69) is 4.98 Å². The minimum Gasteiger partial charge on any atom is -0.497 e. The van der Waals surface area contributed by atoms with Crippen LogP contribution in [-0.2, 0) is 14.3 Å². The lowest BCUT2D eigenvalue weighted by atomic mass is 10.1. The summed E-state index contributed by atoms with van der Waals surface area (Å²) in [5.41, 5.74) is 1.63. The molecule has 1 amide bonds. The van der Waals surface area contributed by atoms with Crippen molar-refractivity contribution in [3.63, 3.8) is 0 Å². The summed E-state index contributed by atoms with van der Waals surface area (Å²) in [5, 5.41) is 0.801. The number of nitrogens with zero attached hydrogens (tertiary/aromatic N) is 2. The number of fused-ring (bicyclic) bond motifs is 1. The van der Waals surface area contributed by atoms with Gasteiger partial charge in [0, 0.05) is 24.5 Å². The van der Waals surface area contributed by atoms with Crippen molar-refractivity contribution in [1.82, 2.24) is 9.88 Å². The van der Waals surface area contributed by atoms with Gasteiger partial charge in [-0.05, 0) is 32.0 Å². The molecule has 0 aliphatic carbocycles. The number of carbonyl (C=O) groups is 2. The van der Waals surface area contributed by atoms with Gasteiger partial charge in [-0.15, -0.1) is 0 Å². The fraction of sp³-hybridized carbons (Fsp3) is 0.421. The quantitative estimate of drug-likeness (QED) is 0.778. The Labute approximate surface area is 151 Å². The highest BCUT2D eigenvalue weighted by Crippen LogP contribution is 2.22. The molecule has 1 aromatic heterocycles. The Morgan fingerprint density at radius 2 is 1.96 bits per heavy atom. The predicted octanol–water partition coefficient (Wildman–Crippen LogP) is 1.96. The summed E-state index contributed by atoms with van der Waals surface area (Å²) < 4.78 is 15.8. The fourth-order valence-corrected chi connectivity index (χ4v) is 2.89. The molecule has 0 bridgehead atoms. The zero-order chi connectivity index (χ0) is 18.7. The van der Waals surface area contributed by atoms with Crippen molar-refractivity contribution >= 4 is 22.8 Å². The number of rotatable bonds is 4. The van der Waals surface area contributed by atoms with Crippen molar-refractivity contribution in [2.24, 2.45) is 0 Å². The summed E-state index contributed by atoms with van der Waals surface area (Å²) in [7, 11) is 1.59. The van der Waals surface area contributed by atoms with Crippen LogP contribution in [0.2, 0.25) is 0 Å². The Balaban J connectivity index is 1.76. The second kappa shape index (κ2) is 7.70. The van der Waals surface area contributed by atoms with E-state index in [-0.39, 0.29) is 5.91 Å². The lowest BCUT2D eigenvalue weighted by Gasteiger charge is -2.29. The van der Waals surface area contributed by atoms with Crippen LogP contribution in [0.3, 0.4) is 0 Å². The SMILES string of the molecule is COc1ccc2cc(C(=O)O[C@@H](C)C(=O)N3CCOCC3)c(C)nc2c1. The fourth-order valence-electron chi connectivity index (χ4n) is 2.89. The van der Waals surface area contributed by atoms with Gasteiger partial charge < -0.3 is 19.1 Å². The molecule has 3 rings (SSSR count). The summed E-state index contributed by atoms with van der Waals surface area (Å²) in [6.45, 7) is 5.36. The van der Waals surface area contributed by atoms with Crippen molar-refractivity contribution in [3.8, 4) is 5.75 Å². The van der Waals surface area contributed by atoms with Gasteiger partial charge in [-0.2, -0.15) is 0 Å². The van der Waals surface area contributed by atoms with E-state index >= 15 is 0 Å². The Kier molecular flexibility index (Phi) is 5.37. The average Bonchev–Trinajstić information content (AvgIpc) is 2.66. The van der Waals surface area contributed by atoms with Gasteiger partial charge in [0.15, 0.2) is 6.10 Å². The van der Waals surface area contributed by atoms with Crippen molar-refractivity contribution in [3.05, 3.63) is 35.5 Å². The highest BCUT2D eigenvalue weighted by molar-refractivity contribution is 5.96. The number of aryl methyl sites for hydroxylation is 1. The van der Waals surface area contributed by atoms with Crippen molar-refractivity contribution in [2.75, 3.05) is 33.4 Å². The number of amides is 1. The lowest BCUT2D eigenvalue weighted by Crippen LogP contribution is -2.46. The molecule has 7 heteroatoms. The van der Waals surface area contributed by atoms with Gasteiger partial charge in [0.05, 0.1) is 37.1 Å². The summed E-state index contributed by atoms with van der Waals surface area (Å²) >= 11 is 0. The molecule has 138 valence electrons. The predicted molar refractivity (Wildman–Crippen MR) is 95.3 cm³/mol. The molecule has 1 saturated heterocycles. The van der Waals surface area contributed by atoms with E-state index in [9.17, 15) is 9.59 Å². The van der Waals surface area contributed by atoms with Crippen LogP contribution >= 0.6 is 0 Å². The molecule has 1 aliphatic rings. The van der Waals surface area contributed by atoms with Crippen LogP contribution < -0.4 is 4.74 Å². The number of carbonyl (C=O) groups excluding carboxylic acids is 2. The Bertz CT molecular complexity index is 830. The molecule has 1 aliphatic heterocycles. The minimum absolute atomic E-state index is 0.210. The van der Waals surface area contributed by atoms with Gasteiger partial charge in [-0.1, -0.05) is 0 Å². The largest absolute Gasteiger partial charge is 0.497 e. The van der Waals surface area contributed by atoms with E-state index in [0.717, 1.165) is 10.9 Å². The standard InChI is InChI=1S/C19H22N2O5/c1-12-16(10-14-4-5-15(24-3)11-17(14)20-12)19(23)26-13(2)18(22)21-6-8-25-9-7-21/h4-5,10-11,13H,6-9H2,1-3H3/t13-/m0/s1. The molecular weight excluding hydrogens is 336 g/mol. The van der Waals surface area contributed by atoms with Crippen LogP contribution in [-0.4, -0.2) is 61.3 Å². The second-order valence-corrected chi connectivity index (χ2v) is 6.17. The molecule has 0 radical (unpaired) electrons. The molecule has 0 N–H and O–H groups in total. The first-order valence-electron chi connectivity index (χ1n) is 8.52. The topological polar surface area (TPSA) is 78.0 Å². The third kappa shape index (κ3) is 3.77. The average molecular weight is 358 g/mol. The number of esters is 1. The third-order valence-electron chi connectivity index (χ3n) is 4.39. The van der Waals surface area contributed by atoms with Crippen LogP contribution in [0.4, 0.5) is 0 Å². The summed E-state index contributed by atoms with van der Waals surface area (Å²) in [6, 6.07) is 7.17. The van der Waals surface area contributed by atoms with Gasteiger partial charge in [-0.25, -0.2) is 4.79 Å². The van der Waals surface area contributed by atoms with Crippen LogP contribution in [0.5, 0.6) is 5.75 Å². The van der Waals surface area contributed by atoms with Crippen molar-refractivity contribution in [1.29, 1.82) is 0 Å². The Hall–Kier alpha value is -2.67. The van der Waals surface area contributed by atoms with Crippen LogP contribution in [0.1, 0.15) is 23.0 Å². The maximum atomic E-state index is 12.5. The normalized spacial score (nSPS) is 15.6. The Morgan fingerprint density at radius 1 is 1.23 bits per heavy atom. The molecule has 7 nitrogen and oxygen atoms in total. The summed E-state index contributed by atoms with van der Waals surface area (Å²) in [4.78, 5) is 31.1. The van der Waals surface area contributed by atoms with Gasteiger partial charge in [0.1, 0.15) is 5.75 Å². The number of aromatic nitrogens is 1. The Morgan fingerprint density at radius 3 is 2.65 bits per heavy atom. The zero-order valence-corrected chi connectivity index (χ0v) is 15.2. The van der Waals surface area contributed by atoms with E-state index in [4.69, 9.17) is 14.2 Å². The van der Waals surface area contributed by atoms with E-state index in [0.29, 0.717) is 43.3 Å². The summed E-state index contributed by atoms with van der Waals surface area (Å²) in [5.74, 6) is -0.0657. The third-order valence-corrected chi connectivity index (χ3v) is 4.39. The van der Waals surface area contributed by atoms with Gasteiger partial charge in [0.25, 0.3) is 5.91 Å². The van der Waals surface area contributed by atoms with Crippen LogP contribution in [0.25, 0.3) is 10.9 Å². The van der Waals surface area contributed by atoms with Crippen LogP contribution in [0, 0.1) is 6.92 Å². The number of methoxy groups -OCH3 is 1. The lowest BCUT2D eigenvalue weighted by molar-refractivity contribution is -0.143. The first-order valence-corrected chi connectivity index (χ1v) is 8.52. The number of hydrogen-bond acceptors (Lipinski definition) is 6. The molecule has 1 aromatic carbocycles. The maximum absolute atomic E-state index is 12.5. The maximum Gasteiger partial charge on any atom is 0.340 e. The molecule has 1 fully saturated rings. The first kappa shape index (κ1) is 18.1. The number of benzene rings is 1. The molecule has 0 unspecified atom stereocenters. The number of ether oxygens (including phenoxy) is 3. The molecule has 0 saturated carbocycles. The smallest absolute Gasteiger partial charge is 0.340 e. The highest BCUT2D eigenvalue weighted by Gasteiger charge is 2.26. The van der Waals surface area contributed by atoms with Gasteiger partial charge in [-0.3, -0.25) is 9.78 Å². The van der Waals surface area contributed by atoms with E-state index < -0.39 is 12.1 Å². The van der Waals surface area contributed by atoms with E-state index in [1.165, 1.54) is 0 Å². The molecule has 2 heterocycles. The second-order valence-electron chi connectivity index (χ2n) is 6.17. The monoisotopic (exact) mass is 358 g/mol. The van der Waals surface area contributed by atoms with Crippen molar-refractivity contribution in [2.45, 2.75) is 20.0 Å².